The first kappa shape index (κ1) is 23.1. The first-order valence-electron chi connectivity index (χ1n) is 11.2. The van der Waals surface area contributed by atoms with Crippen molar-refractivity contribution >= 4 is 16.0 Å². The van der Waals surface area contributed by atoms with Crippen molar-refractivity contribution in [2.45, 2.75) is 31.2 Å². The van der Waals surface area contributed by atoms with Gasteiger partial charge >= 0.3 is 5.97 Å². The van der Waals surface area contributed by atoms with E-state index >= 15 is 0 Å². The van der Waals surface area contributed by atoms with Crippen LogP contribution in [-0.2, 0) is 21.7 Å². The lowest BCUT2D eigenvalue weighted by Gasteiger charge is -2.37. The number of fused-ring (bicyclic) bond motifs is 2. The zero-order valence-electron chi connectivity index (χ0n) is 19.1. The second kappa shape index (κ2) is 9.08. The number of esters is 1. The van der Waals surface area contributed by atoms with Crippen molar-refractivity contribution in [1.82, 2.24) is 0 Å². The molecule has 2 bridgehead atoms. The topological polar surface area (TPSA) is 76.0 Å². The molecule has 2 fully saturated rings. The molecule has 0 spiro atoms. The Labute approximate surface area is 192 Å². The normalized spacial score (nSPS) is 29.7. The highest BCUT2D eigenvalue weighted by Crippen LogP contribution is 2.59. The first-order valence-corrected chi connectivity index (χ1v) is 14.2. The predicted molar refractivity (Wildman–Crippen MR) is 128 cm³/mol. The maximum Gasteiger partial charge on any atom is 0.309 e. The van der Waals surface area contributed by atoms with E-state index < -0.39 is 27.7 Å². The second-order valence-corrected chi connectivity index (χ2v) is 14.5. The van der Waals surface area contributed by atoms with Gasteiger partial charge in [-0.3, -0.25) is 4.79 Å². The quantitative estimate of drug-likeness (QED) is 0.590. The highest BCUT2D eigenvalue weighted by Gasteiger charge is 2.65. The van der Waals surface area contributed by atoms with Crippen LogP contribution in [-0.4, -0.2) is 53.4 Å². The lowest BCUT2D eigenvalue weighted by atomic mass is 9.76. The van der Waals surface area contributed by atoms with Gasteiger partial charge < -0.3 is 19.7 Å². The molecule has 6 heteroatoms. The Hall–Kier alpha value is -2.02. The Bertz CT molecular complexity index is 923. The summed E-state index contributed by atoms with van der Waals surface area (Å²) in [6.07, 6.45) is 7.02. The maximum absolute atomic E-state index is 12.9. The smallest absolute Gasteiger partial charge is 0.309 e. The number of hydrogen-bond acceptors (Lipinski definition) is 5. The molecule has 0 aliphatic heterocycles. The SMILES string of the molecule is CS(C)(C)CCOC(=O)C1C2CCC1C(O)(c1ccc(OCc3ccccc3)cc1)C2O. The van der Waals surface area contributed by atoms with Gasteiger partial charge in [-0.05, 0) is 54.9 Å². The van der Waals surface area contributed by atoms with Crippen LogP contribution in [0, 0.1) is 17.8 Å². The molecule has 5 atom stereocenters. The molecule has 174 valence electrons. The molecule has 0 heterocycles. The molecule has 0 radical (unpaired) electrons. The summed E-state index contributed by atoms with van der Waals surface area (Å²) < 4.78 is 11.4. The first-order chi connectivity index (χ1) is 15.2. The van der Waals surface area contributed by atoms with Crippen LogP contribution < -0.4 is 4.74 Å². The van der Waals surface area contributed by atoms with Gasteiger partial charge in [0.05, 0.1) is 18.6 Å². The van der Waals surface area contributed by atoms with Gasteiger partial charge in [0.1, 0.15) is 18.0 Å². The summed E-state index contributed by atoms with van der Waals surface area (Å²) in [5, 5.41) is 22.6. The van der Waals surface area contributed by atoms with Gasteiger partial charge in [-0.15, -0.1) is 0 Å². The van der Waals surface area contributed by atoms with E-state index in [0.29, 0.717) is 30.9 Å². The number of rotatable bonds is 8. The zero-order chi connectivity index (χ0) is 22.9. The molecule has 2 aliphatic rings. The molecule has 2 aromatic carbocycles. The fourth-order valence-corrected chi connectivity index (χ4v) is 5.78. The lowest BCUT2D eigenvalue weighted by molar-refractivity contribution is -0.151. The summed E-state index contributed by atoms with van der Waals surface area (Å²) >= 11 is 0. The molecule has 0 saturated heterocycles. The van der Waals surface area contributed by atoms with Gasteiger partial charge in [0.25, 0.3) is 0 Å². The molecule has 5 unspecified atom stereocenters. The number of carbonyl (C=O) groups is 1. The fourth-order valence-electron chi connectivity index (χ4n) is 5.19. The zero-order valence-corrected chi connectivity index (χ0v) is 19.9. The highest BCUT2D eigenvalue weighted by molar-refractivity contribution is 8.32. The van der Waals surface area contributed by atoms with Crippen molar-refractivity contribution in [3.63, 3.8) is 0 Å². The maximum atomic E-state index is 12.9. The Morgan fingerprint density at radius 1 is 1.06 bits per heavy atom. The predicted octanol–water partition coefficient (Wildman–Crippen LogP) is 3.71. The van der Waals surface area contributed by atoms with Gasteiger partial charge in [-0.2, -0.15) is 0 Å². The largest absolute Gasteiger partial charge is 0.489 e. The van der Waals surface area contributed by atoms with Crippen LogP contribution in [0.25, 0.3) is 0 Å². The van der Waals surface area contributed by atoms with E-state index in [1.54, 1.807) is 12.1 Å². The fraction of sp³-hybridized carbons (Fsp3) is 0.500. The second-order valence-electron chi connectivity index (χ2n) is 9.90. The summed E-state index contributed by atoms with van der Waals surface area (Å²) in [7, 11) is -0.746. The van der Waals surface area contributed by atoms with Gasteiger partial charge in [-0.1, -0.05) is 42.5 Å². The van der Waals surface area contributed by atoms with Crippen molar-refractivity contribution in [3.8, 4) is 5.75 Å². The summed E-state index contributed by atoms with van der Waals surface area (Å²) in [4.78, 5) is 12.9. The van der Waals surface area contributed by atoms with E-state index in [0.717, 1.165) is 17.7 Å². The third-order valence-electron chi connectivity index (χ3n) is 6.90. The third-order valence-corrected chi connectivity index (χ3v) is 8.30. The van der Waals surface area contributed by atoms with Crippen LogP contribution in [0.3, 0.4) is 0 Å². The minimum atomic E-state index is -1.44. The van der Waals surface area contributed by atoms with Crippen molar-refractivity contribution < 1.29 is 24.5 Å². The number of aliphatic hydroxyl groups is 2. The molecule has 4 rings (SSSR count). The number of benzene rings is 2. The van der Waals surface area contributed by atoms with E-state index in [-0.39, 0.29) is 17.8 Å². The molecule has 32 heavy (non-hydrogen) atoms. The lowest BCUT2D eigenvalue weighted by Crippen LogP contribution is -2.44. The Morgan fingerprint density at radius 3 is 2.41 bits per heavy atom. The van der Waals surface area contributed by atoms with Crippen molar-refractivity contribution in [2.75, 3.05) is 31.1 Å². The molecule has 2 aromatic rings. The number of carbonyl (C=O) groups excluding carboxylic acids is 1. The summed E-state index contributed by atoms with van der Waals surface area (Å²) in [5.74, 6) is 0.205. The number of ether oxygens (including phenoxy) is 2. The number of hydrogen-bond donors (Lipinski definition) is 2. The molecule has 2 saturated carbocycles. The van der Waals surface area contributed by atoms with Crippen LogP contribution in [0.5, 0.6) is 5.75 Å². The van der Waals surface area contributed by atoms with E-state index in [2.05, 4.69) is 18.8 Å². The van der Waals surface area contributed by atoms with Gasteiger partial charge in [0.2, 0.25) is 0 Å². The Balaban J connectivity index is 1.44. The highest BCUT2D eigenvalue weighted by atomic mass is 32.3. The minimum Gasteiger partial charge on any atom is -0.489 e. The molecule has 2 N–H and O–H groups in total. The van der Waals surface area contributed by atoms with Crippen LogP contribution in [0.2, 0.25) is 0 Å². The standard InChI is InChI=1S/C26H34O5S/c1-32(2,3)16-15-30-25(28)23-21-13-14-22(23)26(29,24(21)27)19-9-11-20(12-10-19)31-17-18-7-5-4-6-8-18/h4-12,21-24,27,29H,13-17H2,1-3H3. The summed E-state index contributed by atoms with van der Waals surface area (Å²) in [6.45, 7) is 0.859. The van der Waals surface area contributed by atoms with Crippen LogP contribution >= 0.6 is 10.0 Å². The van der Waals surface area contributed by atoms with Crippen LogP contribution in [0.1, 0.15) is 24.0 Å². The van der Waals surface area contributed by atoms with Gasteiger partial charge in [-0.25, -0.2) is 10.0 Å². The van der Waals surface area contributed by atoms with Crippen LogP contribution in [0.4, 0.5) is 0 Å². The van der Waals surface area contributed by atoms with E-state index in [1.165, 1.54) is 0 Å². The minimum absolute atomic E-state index is 0.270. The monoisotopic (exact) mass is 458 g/mol. The molecule has 0 aromatic heterocycles. The van der Waals surface area contributed by atoms with E-state index in [1.807, 2.05) is 42.5 Å². The van der Waals surface area contributed by atoms with Crippen LogP contribution in [0.15, 0.2) is 54.6 Å². The summed E-state index contributed by atoms with van der Waals surface area (Å²) in [5.41, 5.74) is 0.258. The van der Waals surface area contributed by atoms with Crippen molar-refractivity contribution in [3.05, 3.63) is 65.7 Å². The van der Waals surface area contributed by atoms with E-state index in [4.69, 9.17) is 9.47 Å². The summed E-state index contributed by atoms with van der Waals surface area (Å²) in [6, 6.07) is 17.1. The number of aliphatic hydroxyl groups excluding tert-OH is 1. The average molecular weight is 459 g/mol. The molecule has 5 nitrogen and oxygen atoms in total. The van der Waals surface area contributed by atoms with Crippen molar-refractivity contribution in [1.29, 1.82) is 0 Å². The molecular formula is C26H34O5S. The molecular weight excluding hydrogens is 424 g/mol. The average Bonchev–Trinajstić information content (AvgIpc) is 3.29. The Kier molecular flexibility index (Phi) is 6.57. The molecule has 2 aliphatic carbocycles. The van der Waals surface area contributed by atoms with Gasteiger partial charge in [0.15, 0.2) is 0 Å². The van der Waals surface area contributed by atoms with Gasteiger partial charge in [0, 0.05) is 17.6 Å². The molecule has 0 amide bonds. The van der Waals surface area contributed by atoms with E-state index in [9.17, 15) is 15.0 Å². The Morgan fingerprint density at radius 2 is 1.75 bits per heavy atom. The van der Waals surface area contributed by atoms with Crippen molar-refractivity contribution in [2.24, 2.45) is 17.8 Å². The third kappa shape index (κ3) is 4.54.